The zero-order valence-electron chi connectivity index (χ0n) is 12.9. The van der Waals surface area contributed by atoms with Gasteiger partial charge < -0.3 is 5.11 Å². The third-order valence-electron chi connectivity index (χ3n) is 3.69. The van der Waals surface area contributed by atoms with Crippen LogP contribution >= 0.6 is 11.6 Å². The molecule has 1 unspecified atom stereocenters. The Morgan fingerprint density at radius 3 is 2.22 bits per heavy atom. The summed E-state index contributed by atoms with van der Waals surface area (Å²) >= 11 is 5.84. The fourth-order valence-corrected chi connectivity index (χ4v) is 4.14. The number of hydrogen-bond acceptors (Lipinski definition) is 3. The number of sulfonamides is 1. The quantitative estimate of drug-likeness (QED) is 0.830. The molecule has 0 aliphatic heterocycles. The van der Waals surface area contributed by atoms with Crippen molar-refractivity contribution in [1.82, 2.24) is 4.31 Å². The molecule has 0 fully saturated rings. The summed E-state index contributed by atoms with van der Waals surface area (Å²) in [6.45, 7) is 1.84. The second-order valence-electron chi connectivity index (χ2n) is 5.23. The first-order valence-corrected chi connectivity index (χ1v) is 9.23. The Labute approximate surface area is 142 Å². The standard InChI is InChI=1S/C17H20ClNO3S/c1-2-16(13-20)19(12-14-6-4-3-5-7-14)23(21,22)17-10-8-15(18)9-11-17/h3-11,16,20H,2,12-13H2,1H3. The first kappa shape index (κ1) is 17.9. The fourth-order valence-electron chi connectivity index (χ4n) is 2.34. The molecule has 0 bridgehead atoms. The first-order chi connectivity index (χ1) is 11.0. The zero-order chi connectivity index (χ0) is 16.9. The lowest BCUT2D eigenvalue weighted by Crippen LogP contribution is -2.41. The maximum absolute atomic E-state index is 13.0. The average Bonchev–Trinajstić information content (AvgIpc) is 2.56. The molecule has 2 aromatic rings. The first-order valence-electron chi connectivity index (χ1n) is 7.41. The lowest BCUT2D eigenvalue weighted by atomic mass is 10.2. The predicted molar refractivity (Wildman–Crippen MR) is 91.8 cm³/mol. The van der Waals surface area contributed by atoms with Gasteiger partial charge in [-0.15, -0.1) is 0 Å². The third kappa shape index (κ3) is 4.32. The van der Waals surface area contributed by atoms with E-state index in [0.29, 0.717) is 11.4 Å². The molecule has 0 spiro atoms. The number of aliphatic hydroxyl groups is 1. The molecule has 23 heavy (non-hydrogen) atoms. The molecule has 0 aromatic heterocycles. The minimum Gasteiger partial charge on any atom is -0.395 e. The van der Waals surface area contributed by atoms with Crippen LogP contribution in [0.15, 0.2) is 59.5 Å². The molecule has 124 valence electrons. The van der Waals surface area contributed by atoms with Crippen LogP contribution in [0.5, 0.6) is 0 Å². The van der Waals surface area contributed by atoms with Gasteiger partial charge in [-0.25, -0.2) is 8.42 Å². The van der Waals surface area contributed by atoms with Crippen LogP contribution in [0.2, 0.25) is 5.02 Å². The van der Waals surface area contributed by atoms with Crippen LogP contribution in [0, 0.1) is 0 Å². The molecule has 0 aliphatic rings. The van der Waals surface area contributed by atoms with Gasteiger partial charge in [-0.05, 0) is 36.2 Å². The molecule has 4 nitrogen and oxygen atoms in total. The number of benzene rings is 2. The summed E-state index contributed by atoms with van der Waals surface area (Å²) in [7, 11) is -3.72. The molecule has 0 saturated heterocycles. The van der Waals surface area contributed by atoms with Gasteiger partial charge in [0.25, 0.3) is 0 Å². The van der Waals surface area contributed by atoms with E-state index in [0.717, 1.165) is 5.56 Å². The fraction of sp³-hybridized carbons (Fsp3) is 0.294. The molecule has 6 heteroatoms. The Hall–Kier alpha value is -1.40. The largest absolute Gasteiger partial charge is 0.395 e. The van der Waals surface area contributed by atoms with Crippen LogP contribution in [-0.4, -0.2) is 30.5 Å². The molecule has 2 aromatic carbocycles. The van der Waals surface area contributed by atoms with E-state index in [9.17, 15) is 13.5 Å². The second kappa shape index (κ2) is 7.93. The Bertz CT molecular complexity index is 713. The van der Waals surface area contributed by atoms with Crippen LogP contribution in [0.25, 0.3) is 0 Å². The van der Waals surface area contributed by atoms with E-state index in [1.165, 1.54) is 16.4 Å². The van der Waals surface area contributed by atoms with Crippen molar-refractivity contribution in [2.75, 3.05) is 6.61 Å². The molecular weight excluding hydrogens is 334 g/mol. The summed E-state index contributed by atoms with van der Waals surface area (Å²) in [6, 6.07) is 14.9. The maximum Gasteiger partial charge on any atom is 0.243 e. The van der Waals surface area contributed by atoms with E-state index in [1.807, 2.05) is 37.3 Å². The Kier molecular flexibility index (Phi) is 6.18. The highest BCUT2D eigenvalue weighted by atomic mass is 35.5. The van der Waals surface area contributed by atoms with E-state index >= 15 is 0 Å². The van der Waals surface area contributed by atoms with Crippen molar-refractivity contribution in [2.24, 2.45) is 0 Å². The molecule has 0 amide bonds. The minimum atomic E-state index is -3.72. The summed E-state index contributed by atoms with van der Waals surface area (Å²) in [6.07, 6.45) is 0.524. The number of nitrogens with zero attached hydrogens (tertiary/aromatic N) is 1. The van der Waals surface area contributed by atoms with Crippen molar-refractivity contribution in [3.05, 3.63) is 65.2 Å². The molecular formula is C17H20ClNO3S. The second-order valence-corrected chi connectivity index (χ2v) is 7.56. The van der Waals surface area contributed by atoms with Crippen molar-refractivity contribution in [1.29, 1.82) is 0 Å². The summed E-state index contributed by atoms with van der Waals surface area (Å²) in [5, 5.41) is 10.1. The number of hydrogen-bond donors (Lipinski definition) is 1. The minimum absolute atomic E-state index is 0.171. The van der Waals surface area contributed by atoms with Gasteiger partial charge >= 0.3 is 0 Å². The van der Waals surface area contributed by atoms with E-state index < -0.39 is 16.1 Å². The van der Waals surface area contributed by atoms with Crippen LogP contribution in [0.1, 0.15) is 18.9 Å². The molecule has 2 rings (SSSR count). The van der Waals surface area contributed by atoms with Crippen molar-refractivity contribution in [3.8, 4) is 0 Å². The summed E-state index contributed by atoms with van der Waals surface area (Å²) in [4.78, 5) is 0.171. The lowest BCUT2D eigenvalue weighted by Gasteiger charge is -2.29. The van der Waals surface area contributed by atoms with Crippen molar-refractivity contribution in [2.45, 2.75) is 30.8 Å². The average molecular weight is 354 g/mol. The van der Waals surface area contributed by atoms with Gasteiger partial charge in [0.05, 0.1) is 11.5 Å². The lowest BCUT2D eigenvalue weighted by molar-refractivity contribution is 0.179. The Balaban J connectivity index is 2.41. The highest BCUT2D eigenvalue weighted by molar-refractivity contribution is 7.89. The number of halogens is 1. The molecule has 1 N–H and O–H groups in total. The Morgan fingerprint density at radius 1 is 1.09 bits per heavy atom. The summed E-state index contributed by atoms with van der Waals surface area (Å²) in [5.74, 6) is 0. The van der Waals surface area contributed by atoms with Gasteiger partial charge in [0, 0.05) is 17.6 Å². The Morgan fingerprint density at radius 2 is 1.70 bits per heavy atom. The molecule has 0 radical (unpaired) electrons. The highest BCUT2D eigenvalue weighted by Crippen LogP contribution is 2.23. The normalized spacial score (nSPS) is 13.2. The number of rotatable bonds is 7. The van der Waals surface area contributed by atoms with Crippen LogP contribution in [0.4, 0.5) is 0 Å². The maximum atomic E-state index is 13.0. The molecule has 0 saturated carbocycles. The van der Waals surface area contributed by atoms with Crippen molar-refractivity contribution < 1.29 is 13.5 Å². The van der Waals surface area contributed by atoms with Gasteiger partial charge in [0.15, 0.2) is 0 Å². The van der Waals surface area contributed by atoms with Gasteiger partial charge in [-0.3, -0.25) is 0 Å². The molecule has 0 heterocycles. The van der Waals surface area contributed by atoms with Gasteiger partial charge in [-0.2, -0.15) is 4.31 Å². The van der Waals surface area contributed by atoms with Gasteiger partial charge in [-0.1, -0.05) is 48.9 Å². The van der Waals surface area contributed by atoms with Gasteiger partial charge in [0.1, 0.15) is 0 Å². The number of aliphatic hydroxyl groups excluding tert-OH is 1. The summed E-state index contributed by atoms with van der Waals surface area (Å²) < 4.78 is 27.3. The van der Waals surface area contributed by atoms with Crippen LogP contribution in [0.3, 0.4) is 0 Å². The van der Waals surface area contributed by atoms with E-state index in [1.54, 1.807) is 12.1 Å². The monoisotopic (exact) mass is 353 g/mol. The van der Waals surface area contributed by atoms with Crippen molar-refractivity contribution >= 4 is 21.6 Å². The smallest absolute Gasteiger partial charge is 0.243 e. The molecule has 1 atom stereocenters. The SMILES string of the molecule is CCC(CO)N(Cc1ccccc1)S(=O)(=O)c1ccc(Cl)cc1. The topological polar surface area (TPSA) is 57.6 Å². The third-order valence-corrected chi connectivity index (χ3v) is 5.86. The predicted octanol–water partition coefficient (Wildman–Crippen LogP) is 3.30. The van der Waals surface area contributed by atoms with Crippen molar-refractivity contribution in [3.63, 3.8) is 0 Å². The highest BCUT2D eigenvalue weighted by Gasteiger charge is 2.30. The van der Waals surface area contributed by atoms with Crippen LogP contribution < -0.4 is 0 Å². The van der Waals surface area contributed by atoms with E-state index in [2.05, 4.69) is 0 Å². The van der Waals surface area contributed by atoms with Crippen LogP contribution in [-0.2, 0) is 16.6 Å². The van der Waals surface area contributed by atoms with E-state index in [-0.39, 0.29) is 18.0 Å². The molecule has 0 aliphatic carbocycles. The van der Waals surface area contributed by atoms with Gasteiger partial charge in [0.2, 0.25) is 10.0 Å². The zero-order valence-corrected chi connectivity index (χ0v) is 14.5. The summed E-state index contributed by atoms with van der Waals surface area (Å²) in [5.41, 5.74) is 0.872. The van der Waals surface area contributed by atoms with E-state index in [4.69, 9.17) is 11.6 Å².